The number of imidazole rings is 1. The number of pyridine rings is 1. The van der Waals surface area contributed by atoms with Crippen LogP contribution in [0.3, 0.4) is 0 Å². The van der Waals surface area contributed by atoms with Crippen LogP contribution in [0.5, 0.6) is 17.2 Å². The summed E-state index contributed by atoms with van der Waals surface area (Å²) < 4.78 is 49.3. The number of aliphatic hydroxyl groups excluding tert-OH is 1. The fraction of sp³-hybridized carbons (Fsp3) is 0.182. The van der Waals surface area contributed by atoms with E-state index in [1.165, 1.54) is 24.4 Å². The van der Waals surface area contributed by atoms with Gasteiger partial charge in [0.15, 0.2) is 27.1 Å². The maximum Gasteiger partial charge on any atom is 0.175 e. The number of halogens is 2. The van der Waals surface area contributed by atoms with E-state index in [9.17, 15) is 17.9 Å². The van der Waals surface area contributed by atoms with Crippen LogP contribution in [0.4, 0.5) is 4.39 Å². The fourth-order valence-corrected chi connectivity index (χ4v) is 3.82. The van der Waals surface area contributed by atoms with E-state index in [2.05, 4.69) is 15.0 Å². The number of H-pyrrole nitrogens is 1. The third-order valence-electron chi connectivity index (χ3n) is 4.61. The maximum absolute atomic E-state index is 14.5. The first-order valence-electron chi connectivity index (χ1n) is 9.74. The topological polar surface area (TPSA) is 114 Å². The van der Waals surface area contributed by atoms with Crippen LogP contribution in [0.25, 0.3) is 22.6 Å². The lowest BCUT2D eigenvalue weighted by molar-refractivity contribution is 0.129. The Hall–Kier alpha value is -3.21. The van der Waals surface area contributed by atoms with Crippen LogP contribution in [0.15, 0.2) is 53.6 Å². The Labute approximate surface area is 193 Å². The summed E-state index contributed by atoms with van der Waals surface area (Å²) in [5.74, 6) is 0.00392. The smallest absolute Gasteiger partial charge is 0.175 e. The van der Waals surface area contributed by atoms with Crippen LogP contribution in [0.1, 0.15) is 6.92 Å². The first kappa shape index (κ1) is 23.0. The molecule has 0 amide bonds. The number of ether oxygens (including phenoxy) is 2. The second kappa shape index (κ2) is 8.97. The SMILES string of the molecule is C[C@@H](CO)Oc1cc(Oc2ccc(S(C)(=O)=O)cc2F)cc(-c2nc3cc(Cl)cnc3[nH]2)c1. The second-order valence-corrected chi connectivity index (χ2v) is 9.83. The maximum atomic E-state index is 14.5. The van der Waals surface area contributed by atoms with Gasteiger partial charge in [-0.2, -0.15) is 0 Å². The zero-order valence-electron chi connectivity index (χ0n) is 17.5. The predicted molar refractivity (Wildman–Crippen MR) is 121 cm³/mol. The molecule has 0 unspecified atom stereocenters. The first-order valence-corrected chi connectivity index (χ1v) is 12.0. The number of sulfone groups is 1. The monoisotopic (exact) mass is 491 g/mol. The summed E-state index contributed by atoms with van der Waals surface area (Å²) in [6.45, 7) is 1.47. The van der Waals surface area contributed by atoms with Gasteiger partial charge >= 0.3 is 0 Å². The van der Waals surface area contributed by atoms with Crippen molar-refractivity contribution in [3.8, 4) is 28.6 Å². The van der Waals surface area contributed by atoms with Gasteiger partial charge in [0.2, 0.25) is 0 Å². The highest BCUT2D eigenvalue weighted by molar-refractivity contribution is 7.90. The zero-order chi connectivity index (χ0) is 23.8. The molecule has 0 saturated heterocycles. The van der Waals surface area contributed by atoms with E-state index >= 15 is 0 Å². The Morgan fingerprint density at radius 1 is 1.18 bits per heavy atom. The average molecular weight is 492 g/mol. The Morgan fingerprint density at radius 3 is 2.64 bits per heavy atom. The highest BCUT2D eigenvalue weighted by Crippen LogP contribution is 2.34. The molecule has 2 heterocycles. The third-order valence-corrected chi connectivity index (χ3v) is 5.93. The van der Waals surface area contributed by atoms with Crippen LogP contribution < -0.4 is 9.47 Å². The minimum atomic E-state index is -3.56. The molecule has 4 aromatic rings. The number of fused-ring (bicyclic) bond motifs is 1. The number of hydrogen-bond donors (Lipinski definition) is 2. The van der Waals surface area contributed by atoms with Gasteiger partial charge < -0.3 is 19.6 Å². The number of benzene rings is 2. The van der Waals surface area contributed by atoms with Gasteiger partial charge in [0.25, 0.3) is 0 Å². The van der Waals surface area contributed by atoms with Crippen molar-refractivity contribution in [2.24, 2.45) is 0 Å². The van der Waals surface area contributed by atoms with Crippen LogP contribution in [-0.2, 0) is 9.84 Å². The lowest BCUT2D eigenvalue weighted by Gasteiger charge is -2.15. The van der Waals surface area contributed by atoms with E-state index in [4.69, 9.17) is 21.1 Å². The first-order chi connectivity index (χ1) is 15.6. The molecule has 0 fully saturated rings. The summed E-state index contributed by atoms with van der Waals surface area (Å²) in [5.41, 5.74) is 1.63. The summed E-state index contributed by atoms with van der Waals surface area (Å²) in [6, 6.07) is 9.88. The van der Waals surface area contributed by atoms with Crippen LogP contribution in [0, 0.1) is 5.82 Å². The Morgan fingerprint density at radius 2 is 1.94 bits per heavy atom. The molecule has 0 saturated carbocycles. The Balaban J connectivity index is 1.75. The van der Waals surface area contributed by atoms with Crippen molar-refractivity contribution in [1.82, 2.24) is 15.0 Å². The summed E-state index contributed by atoms with van der Waals surface area (Å²) in [4.78, 5) is 11.6. The lowest BCUT2D eigenvalue weighted by Crippen LogP contribution is -2.16. The number of aromatic nitrogens is 3. The summed E-state index contributed by atoms with van der Waals surface area (Å²) in [7, 11) is -3.56. The molecule has 8 nitrogen and oxygen atoms in total. The van der Waals surface area contributed by atoms with Crippen molar-refractivity contribution in [3.63, 3.8) is 0 Å². The molecule has 0 aliphatic carbocycles. The minimum Gasteiger partial charge on any atom is -0.488 e. The second-order valence-electron chi connectivity index (χ2n) is 7.38. The quantitative estimate of drug-likeness (QED) is 0.394. The molecule has 2 aromatic heterocycles. The van der Waals surface area contributed by atoms with Gasteiger partial charge in [-0.3, -0.25) is 0 Å². The molecule has 0 aliphatic rings. The van der Waals surface area contributed by atoms with Crippen LogP contribution >= 0.6 is 11.6 Å². The molecule has 0 spiro atoms. The molecule has 11 heteroatoms. The Kier molecular flexibility index (Phi) is 6.24. The highest BCUT2D eigenvalue weighted by Gasteiger charge is 2.16. The molecule has 2 N–H and O–H groups in total. The van der Waals surface area contributed by atoms with E-state index in [0.29, 0.717) is 33.3 Å². The molecular formula is C22H19ClFN3O5S. The largest absolute Gasteiger partial charge is 0.488 e. The number of rotatable bonds is 7. The molecule has 0 aliphatic heterocycles. The Bertz CT molecular complexity index is 1440. The van der Waals surface area contributed by atoms with Crippen molar-refractivity contribution in [2.75, 3.05) is 12.9 Å². The molecule has 0 bridgehead atoms. The fourth-order valence-electron chi connectivity index (χ4n) is 3.03. The minimum absolute atomic E-state index is 0.157. The van der Waals surface area contributed by atoms with E-state index in [1.807, 2.05) is 0 Å². The average Bonchev–Trinajstić information content (AvgIpc) is 3.17. The molecule has 33 heavy (non-hydrogen) atoms. The van der Waals surface area contributed by atoms with Crippen molar-refractivity contribution in [2.45, 2.75) is 17.9 Å². The molecular weight excluding hydrogens is 473 g/mol. The van der Waals surface area contributed by atoms with Gasteiger partial charge in [0.05, 0.1) is 16.5 Å². The van der Waals surface area contributed by atoms with Gasteiger partial charge in [0.1, 0.15) is 28.9 Å². The molecule has 0 radical (unpaired) electrons. The summed E-state index contributed by atoms with van der Waals surface area (Å²) in [6.07, 6.45) is 1.98. The van der Waals surface area contributed by atoms with Gasteiger partial charge in [-0.05, 0) is 43.3 Å². The standard InChI is InChI=1S/C22H19ClFN3O5S/c1-12(11-28)31-15-5-13(21-26-19-7-14(23)10-25-22(19)27-21)6-16(8-15)32-20-4-3-17(9-18(20)24)33(2,29)30/h3-10,12,28H,11H2,1-2H3,(H,25,26,27)/t12-/m0/s1. The number of aliphatic hydroxyl groups is 1. The number of nitrogens with one attached hydrogen (secondary N) is 1. The molecule has 172 valence electrons. The third kappa shape index (κ3) is 5.24. The van der Waals surface area contributed by atoms with Crippen molar-refractivity contribution in [3.05, 3.63) is 59.5 Å². The van der Waals surface area contributed by atoms with Gasteiger partial charge in [0, 0.05) is 24.1 Å². The summed E-state index contributed by atoms with van der Waals surface area (Å²) >= 11 is 5.99. The molecule has 2 aromatic carbocycles. The van der Waals surface area contributed by atoms with E-state index in [1.54, 1.807) is 25.1 Å². The molecule has 1 atom stereocenters. The summed E-state index contributed by atoms with van der Waals surface area (Å²) in [5, 5.41) is 9.78. The van der Waals surface area contributed by atoms with E-state index in [0.717, 1.165) is 12.3 Å². The molecule has 4 rings (SSSR count). The number of hydrogen-bond acceptors (Lipinski definition) is 7. The zero-order valence-corrected chi connectivity index (χ0v) is 19.1. The van der Waals surface area contributed by atoms with E-state index < -0.39 is 21.8 Å². The van der Waals surface area contributed by atoms with Gasteiger partial charge in [-0.1, -0.05) is 11.6 Å². The predicted octanol–water partition coefficient (Wildman–Crippen LogP) is 4.37. The van der Waals surface area contributed by atoms with Crippen molar-refractivity contribution in [1.29, 1.82) is 0 Å². The van der Waals surface area contributed by atoms with E-state index in [-0.39, 0.29) is 23.0 Å². The van der Waals surface area contributed by atoms with Crippen molar-refractivity contribution >= 4 is 32.6 Å². The number of nitrogens with zero attached hydrogens (tertiary/aromatic N) is 2. The number of aromatic amines is 1. The van der Waals surface area contributed by atoms with Gasteiger partial charge in [-0.15, -0.1) is 0 Å². The normalized spacial score (nSPS) is 12.6. The van der Waals surface area contributed by atoms with Crippen LogP contribution in [-0.4, -0.2) is 47.4 Å². The lowest BCUT2D eigenvalue weighted by atomic mass is 10.2. The van der Waals surface area contributed by atoms with Gasteiger partial charge in [-0.25, -0.2) is 22.8 Å². The van der Waals surface area contributed by atoms with Crippen LogP contribution in [0.2, 0.25) is 5.02 Å². The highest BCUT2D eigenvalue weighted by atomic mass is 35.5. The van der Waals surface area contributed by atoms with Crippen molar-refractivity contribution < 1.29 is 27.4 Å².